The van der Waals surface area contributed by atoms with Crippen LogP contribution in [0.25, 0.3) is 0 Å². The molecule has 0 aliphatic rings. The van der Waals surface area contributed by atoms with Crippen LogP contribution in [0.3, 0.4) is 0 Å². The SMILES string of the molecule is C=C.CN(C)CCCN(C)C(=O)O. The molecule has 0 atom stereocenters. The van der Waals surface area contributed by atoms with E-state index in [1.54, 1.807) is 7.05 Å². The Labute approximate surface area is 80.5 Å². The van der Waals surface area contributed by atoms with Crippen LogP contribution in [-0.4, -0.2) is 55.2 Å². The van der Waals surface area contributed by atoms with E-state index in [1.165, 1.54) is 4.90 Å². The van der Waals surface area contributed by atoms with E-state index in [1.807, 2.05) is 19.0 Å². The van der Waals surface area contributed by atoms with Gasteiger partial charge in [0.1, 0.15) is 0 Å². The van der Waals surface area contributed by atoms with Crippen molar-refractivity contribution in [1.29, 1.82) is 0 Å². The van der Waals surface area contributed by atoms with Gasteiger partial charge in [0, 0.05) is 13.6 Å². The summed E-state index contributed by atoms with van der Waals surface area (Å²) in [5, 5.41) is 8.46. The smallest absolute Gasteiger partial charge is 0.407 e. The standard InChI is InChI=1S/C7H16N2O2.C2H4/c1-8(2)5-4-6-9(3)7(10)11;1-2/h4-6H2,1-3H3,(H,10,11);1-2H2. The van der Waals surface area contributed by atoms with Gasteiger partial charge in [0.15, 0.2) is 0 Å². The van der Waals surface area contributed by atoms with Gasteiger partial charge in [-0.1, -0.05) is 0 Å². The third-order valence-corrected chi connectivity index (χ3v) is 1.43. The van der Waals surface area contributed by atoms with E-state index < -0.39 is 6.09 Å². The number of hydrogen-bond donors (Lipinski definition) is 1. The van der Waals surface area contributed by atoms with Crippen molar-refractivity contribution in [2.45, 2.75) is 6.42 Å². The molecule has 0 aromatic rings. The van der Waals surface area contributed by atoms with Gasteiger partial charge in [-0.05, 0) is 27.1 Å². The molecule has 0 bridgehead atoms. The summed E-state index contributed by atoms with van der Waals surface area (Å²) in [6, 6.07) is 0. The Hall–Kier alpha value is -1.03. The van der Waals surface area contributed by atoms with Gasteiger partial charge in [-0.3, -0.25) is 0 Å². The quantitative estimate of drug-likeness (QED) is 0.677. The second kappa shape index (κ2) is 9.06. The van der Waals surface area contributed by atoms with Crippen LogP contribution < -0.4 is 0 Å². The first-order valence-corrected chi connectivity index (χ1v) is 4.13. The van der Waals surface area contributed by atoms with Crippen LogP contribution >= 0.6 is 0 Å². The number of carboxylic acid groups (broad SMARTS) is 1. The lowest BCUT2D eigenvalue weighted by molar-refractivity contribution is 0.154. The minimum Gasteiger partial charge on any atom is -0.465 e. The molecule has 0 heterocycles. The molecule has 0 saturated heterocycles. The van der Waals surface area contributed by atoms with Crippen LogP contribution in [0.5, 0.6) is 0 Å². The number of rotatable bonds is 4. The maximum Gasteiger partial charge on any atom is 0.407 e. The van der Waals surface area contributed by atoms with Gasteiger partial charge >= 0.3 is 6.09 Å². The van der Waals surface area contributed by atoms with Crippen LogP contribution in [-0.2, 0) is 0 Å². The Morgan fingerprint density at radius 1 is 1.23 bits per heavy atom. The van der Waals surface area contributed by atoms with E-state index in [0.717, 1.165) is 13.0 Å². The first kappa shape index (κ1) is 14.5. The summed E-state index contributed by atoms with van der Waals surface area (Å²) in [5.41, 5.74) is 0. The van der Waals surface area contributed by atoms with Crippen molar-refractivity contribution in [3.8, 4) is 0 Å². The molecule has 4 heteroatoms. The van der Waals surface area contributed by atoms with Gasteiger partial charge in [0.2, 0.25) is 0 Å². The highest BCUT2D eigenvalue weighted by molar-refractivity contribution is 5.64. The summed E-state index contributed by atoms with van der Waals surface area (Å²) in [4.78, 5) is 13.6. The average Bonchev–Trinajstić information content (AvgIpc) is 2.07. The van der Waals surface area contributed by atoms with Crippen molar-refractivity contribution in [2.75, 3.05) is 34.2 Å². The van der Waals surface area contributed by atoms with Gasteiger partial charge in [0.05, 0.1) is 0 Å². The first-order valence-electron chi connectivity index (χ1n) is 4.13. The van der Waals surface area contributed by atoms with Crippen LogP contribution in [0.2, 0.25) is 0 Å². The third kappa shape index (κ3) is 11.0. The van der Waals surface area contributed by atoms with Crippen molar-refractivity contribution in [2.24, 2.45) is 0 Å². The molecule has 0 saturated carbocycles. The molecule has 0 fully saturated rings. The maximum atomic E-state index is 10.3. The normalized spacial score (nSPS) is 8.92. The van der Waals surface area contributed by atoms with Gasteiger partial charge < -0.3 is 14.9 Å². The molecular weight excluding hydrogens is 168 g/mol. The third-order valence-electron chi connectivity index (χ3n) is 1.43. The molecule has 13 heavy (non-hydrogen) atoms. The molecule has 0 aromatic heterocycles. The monoisotopic (exact) mass is 188 g/mol. The van der Waals surface area contributed by atoms with E-state index in [0.29, 0.717) is 6.54 Å². The fraction of sp³-hybridized carbons (Fsp3) is 0.667. The number of nitrogens with zero attached hydrogens (tertiary/aromatic N) is 2. The molecular formula is C9H20N2O2. The molecule has 0 unspecified atom stereocenters. The molecule has 0 radical (unpaired) electrons. The van der Waals surface area contributed by atoms with E-state index in [9.17, 15) is 4.79 Å². The Bertz CT molecular complexity index is 138. The van der Waals surface area contributed by atoms with Crippen LogP contribution in [0, 0.1) is 0 Å². The van der Waals surface area contributed by atoms with Crippen LogP contribution in [0.4, 0.5) is 4.79 Å². The van der Waals surface area contributed by atoms with Gasteiger partial charge in [-0.2, -0.15) is 0 Å². The summed E-state index contributed by atoms with van der Waals surface area (Å²) < 4.78 is 0. The minimum absolute atomic E-state index is 0.605. The van der Waals surface area contributed by atoms with E-state index >= 15 is 0 Å². The predicted octanol–water partition coefficient (Wildman–Crippen LogP) is 1.35. The van der Waals surface area contributed by atoms with Crippen LogP contribution in [0.15, 0.2) is 13.2 Å². The molecule has 0 aliphatic carbocycles. The Balaban J connectivity index is 0. The fourth-order valence-corrected chi connectivity index (χ4v) is 0.720. The van der Waals surface area contributed by atoms with Crippen molar-refractivity contribution in [3.63, 3.8) is 0 Å². The largest absolute Gasteiger partial charge is 0.465 e. The van der Waals surface area contributed by atoms with Crippen molar-refractivity contribution >= 4 is 6.09 Å². The lowest BCUT2D eigenvalue weighted by Crippen LogP contribution is -2.28. The van der Waals surface area contributed by atoms with Crippen LogP contribution in [0.1, 0.15) is 6.42 Å². The number of amides is 1. The van der Waals surface area contributed by atoms with E-state index in [-0.39, 0.29) is 0 Å². The Morgan fingerprint density at radius 3 is 2.00 bits per heavy atom. The van der Waals surface area contributed by atoms with Crippen molar-refractivity contribution in [1.82, 2.24) is 9.80 Å². The molecule has 1 amide bonds. The second-order valence-corrected chi connectivity index (χ2v) is 2.86. The van der Waals surface area contributed by atoms with Crippen molar-refractivity contribution < 1.29 is 9.90 Å². The predicted molar refractivity (Wildman–Crippen MR) is 55.1 cm³/mol. The number of hydrogen-bond acceptors (Lipinski definition) is 2. The molecule has 0 aliphatic heterocycles. The molecule has 0 rings (SSSR count). The summed E-state index contributed by atoms with van der Waals surface area (Å²) >= 11 is 0. The summed E-state index contributed by atoms with van der Waals surface area (Å²) in [6.07, 6.45) is 0.0271. The van der Waals surface area contributed by atoms with Crippen molar-refractivity contribution in [3.05, 3.63) is 13.2 Å². The minimum atomic E-state index is -0.858. The van der Waals surface area contributed by atoms with Gasteiger partial charge in [-0.15, -0.1) is 13.2 Å². The van der Waals surface area contributed by atoms with Gasteiger partial charge in [-0.25, -0.2) is 4.79 Å². The molecule has 0 spiro atoms. The fourth-order valence-electron chi connectivity index (χ4n) is 0.720. The topological polar surface area (TPSA) is 43.8 Å². The molecule has 1 N–H and O–H groups in total. The highest BCUT2D eigenvalue weighted by Crippen LogP contribution is 1.89. The van der Waals surface area contributed by atoms with E-state index in [2.05, 4.69) is 13.2 Å². The first-order chi connectivity index (χ1) is 6.04. The lowest BCUT2D eigenvalue weighted by atomic mass is 10.4. The van der Waals surface area contributed by atoms with E-state index in [4.69, 9.17) is 5.11 Å². The Kier molecular flexibility index (Phi) is 10.1. The summed E-state index contributed by atoms with van der Waals surface area (Å²) in [5.74, 6) is 0. The Morgan fingerprint density at radius 2 is 1.69 bits per heavy atom. The highest BCUT2D eigenvalue weighted by atomic mass is 16.4. The van der Waals surface area contributed by atoms with Gasteiger partial charge in [0.25, 0.3) is 0 Å². The lowest BCUT2D eigenvalue weighted by Gasteiger charge is -2.14. The number of carbonyl (C=O) groups is 1. The molecule has 78 valence electrons. The maximum absolute atomic E-state index is 10.3. The highest BCUT2D eigenvalue weighted by Gasteiger charge is 2.03. The molecule has 0 aromatic carbocycles. The average molecular weight is 188 g/mol. The summed E-state index contributed by atoms with van der Waals surface area (Å²) in [7, 11) is 5.53. The summed E-state index contributed by atoms with van der Waals surface area (Å²) in [6.45, 7) is 7.53. The second-order valence-electron chi connectivity index (χ2n) is 2.86. The zero-order valence-electron chi connectivity index (χ0n) is 8.79. The zero-order valence-corrected chi connectivity index (χ0v) is 8.79. The zero-order chi connectivity index (χ0) is 10.9. The molecule has 4 nitrogen and oxygen atoms in total.